The molecule has 118 valence electrons. The number of hydrogen-bond donors (Lipinski definition) is 2. The first-order valence-corrected chi connectivity index (χ1v) is 6.60. The fourth-order valence-electron chi connectivity index (χ4n) is 2.37. The standard InChI is InChI=1S/C13H14F3N5O/c14-13(15,16)10-2-1-8(7-17)11(20-10)21-5-3-9(4-6-21)19-12(18)22/h1-2,9H,3-6H2,(H3,18,19,22). The molecule has 0 aliphatic carbocycles. The van der Waals surface area contributed by atoms with Crippen LogP contribution in [0, 0.1) is 11.3 Å². The zero-order valence-electron chi connectivity index (χ0n) is 11.5. The molecule has 0 atom stereocenters. The van der Waals surface area contributed by atoms with Crippen molar-refractivity contribution in [2.24, 2.45) is 5.73 Å². The van der Waals surface area contributed by atoms with Crippen molar-refractivity contribution in [1.82, 2.24) is 10.3 Å². The minimum atomic E-state index is -4.56. The minimum Gasteiger partial charge on any atom is -0.355 e. The Hall–Kier alpha value is -2.50. The third kappa shape index (κ3) is 3.58. The lowest BCUT2D eigenvalue weighted by Gasteiger charge is -2.33. The van der Waals surface area contributed by atoms with Crippen molar-refractivity contribution in [3.63, 3.8) is 0 Å². The number of nitrogens with two attached hydrogens (primary N) is 1. The largest absolute Gasteiger partial charge is 0.433 e. The number of nitrogens with one attached hydrogen (secondary N) is 1. The molecule has 0 saturated carbocycles. The molecule has 1 saturated heterocycles. The molecule has 0 radical (unpaired) electrons. The van der Waals surface area contributed by atoms with E-state index in [9.17, 15) is 18.0 Å². The molecular weight excluding hydrogens is 299 g/mol. The van der Waals surface area contributed by atoms with Crippen LogP contribution in [0.25, 0.3) is 0 Å². The van der Waals surface area contributed by atoms with Gasteiger partial charge in [0.25, 0.3) is 0 Å². The number of carbonyl (C=O) groups excluding carboxylic acids is 1. The summed E-state index contributed by atoms with van der Waals surface area (Å²) in [6.07, 6.45) is -3.52. The van der Waals surface area contributed by atoms with E-state index in [-0.39, 0.29) is 17.4 Å². The number of piperidine rings is 1. The zero-order valence-corrected chi connectivity index (χ0v) is 11.5. The maximum absolute atomic E-state index is 12.8. The van der Waals surface area contributed by atoms with Crippen LogP contribution in [0.4, 0.5) is 23.8 Å². The number of alkyl halides is 3. The highest BCUT2D eigenvalue weighted by atomic mass is 19.4. The van der Waals surface area contributed by atoms with Crippen molar-refractivity contribution in [3.05, 3.63) is 23.4 Å². The summed E-state index contributed by atoms with van der Waals surface area (Å²) in [5.41, 5.74) is 4.10. The Labute approximate surface area is 124 Å². The number of aromatic nitrogens is 1. The summed E-state index contributed by atoms with van der Waals surface area (Å²) in [5.74, 6) is 0.0230. The lowest BCUT2D eigenvalue weighted by molar-refractivity contribution is -0.141. The highest BCUT2D eigenvalue weighted by Gasteiger charge is 2.34. The number of halogens is 3. The highest BCUT2D eigenvalue weighted by Crippen LogP contribution is 2.31. The van der Waals surface area contributed by atoms with Gasteiger partial charge in [0.1, 0.15) is 17.6 Å². The molecule has 1 aromatic heterocycles. The number of anilines is 1. The first-order valence-electron chi connectivity index (χ1n) is 6.60. The number of pyridine rings is 1. The van der Waals surface area contributed by atoms with Crippen LogP contribution in [0.3, 0.4) is 0 Å². The molecular formula is C13H14F3N5O. The maximum atomic E-state index is 12.8. The van der Waals surface area contributed by atoms with Crippen LogP contribution < -0.4 is 16.0 Å². The fourth-order valence-corrected chi connectivity index (χ4v) is 2.37. The number of amides is 2. The van der Waals surface area contributed by atoms with Gasteiger partial charge in [-0.3, -0.25) is 0 Å². The van der Waals surface area contributed by atoms with Crippen molar-refractivity contribution < 1.29 is 18.0 Å². The van der Waals surface area contributed by atoms with Gasteiger partial charge in [-0.25, -0.2) is 9.78 Å². The van der Waals surface area contributed by atoms with E-state index in [4.69, 9.17) is 11.0 Å². The smallest absolute Gasteiger partial charge is 0.355 e. The first kappa shape index (κ1) is 15.9. The molecule has 0 bridgehead atoms. The molecule has 22 heavy (non-hydrogen) atoms. The molecule has 9 heteroatoms. The number of nitriles is 1. The van der Waals surface area contributed by atoms with Gasteiger partial charge in [-0.1, -0.05) is 0 Å². The number of rotatable bonds is 2. The Morgan fingerprint density at radius 2 is 2.05 bits per heavy atom. The molecule has 2 rings (SSSR count). The normalized spacial score (nSPS) is 16.2. The Morgan fingerprint density at radius 3 is 2.55 bits per heavy atom. The van der Waals surface area contributed by atoms with Gasteiger partial charge in [0.15, 0.2) is 0 Å². The molecule has 1 aromatic rings. The maximum Gasteiger partial charge on any atom is 0.433 e. The molecule has 1 fully saturated rings. The molecule has 0 aromatic carbocycles. The van der Waals surface area contributed by atoms with Gasteiger partial charge in [-0.05, 0) is 25.0 Å². The van der Waals surface area contributed by atoms with Crippen LogP contribution in [0.2, 0.25) is 0 Å². The van der Waals surface area contributed by atoms with Gasteiger partial charge in [0.2, 0.25) is 0 Å². The van der Waals surface area contributed by atoms with Crippen molar-refractivity contribution in [3.8, 4) is 6.07 Å². The lowest BCUT2D eigenvalue weighted by atomic mass is 10.0. The molecule has 0 spiro atoms. The van der Waals surface area contributed by atoms with E-state index >= 15 is 0 Å². The van der Waals surface area contributed by atoms with Crippen LogP contribution in [0.5, 0.6) is 0 Å². The van der Waals surface area contributed by atoms with Crippen molar-refractivity contribution >= 4 is 11.8 Å². The van der Waals surface area contributed by atoms with Gasteiger partial charge in [-0.15, -0.1) is 0 Å². The predicted octanol–water partition coefficient (Wildman–Crippen LogP) is 1.61. The summed E-state index contributed by atoms with van der Waals surface area (Å²) < 4.78 is 38.3. The minimum absolute atomic E-state index is 0.0230. The van der Waals surface area contributed by atoms with Crippen LogP contribution in [0.1, 0.15) is 24.1 Å². The lowest BCUT2D eigenvalue weighted by Crippen LogP contribution is -2.46. The topological polar surface area (TPSA) is 95.0 Å². The Balaban J connectivity index is 2.19. The van der Waals surface area contributed by atoms with Crippen molar-refractivity contribution in [2.45, 2.75) is 25.1 Å². The second-order valence-electron chi connectivity index (χ2n) is 4.95. The number of nitrogens with zero attached hydrogens (tertiary/aromatic N) is 3. The highest BCUT2D eigenvalue weighted by molar-refractivity contribution is 5.72. The Bertz CT molecular complexity index is 603. The number of urea groups is 1. The molecule has 0 unspecified atom stereocenters. The predicted molar refractivity (Wildman–Crippen MR) is 71.9 cm³/mol. The molecule has 6 nitrogen and oxygen atoms in total. The summed E-state index contributed by atoms with van der Waals surface area (Å²) in [6, 6.07) is 3.02. The summed E-state index contributed by atoms with van der Waals surface area (Å²) in [7, 11) is 0. The van der Waals surface area contributed by atoms with Crippen LogP contribution in [-0.4, -0.2) is 30.1 Å². The summed E-state index contributed by atoms with van der Waals surface area (Å²) in [6.45, 7) is 0.766. The van der Waals surface area contributed by atoms with E-state index in [0.29, 0.717) is 25.9 Å². The van der Waals surface area contributed by atoms with Crippen LogP contribution in [-0.2, 0) is 6.18 Å². The van der Waals surface area contributed by atoms with Gasteiger partial charge < -0.3 is 16.0 Å². The second-order valence-corrected chi connectivity index (χ2v) is 4.95. The number of carbonyl (C=O) groups is 1. The van der Waals surface area contributed by atoms with Crippen LogP contribution >= 0.6 is 0 Å². The SMILES string of the molecule is N#Cc1ccc(C(F)(F)F)nc1N1CCC(NC(N)=O)CC1. The van der Waals surface area contributed by atoms with E-state index in [1.165, 1.54) is 0 Å². The Kier molecular flexibility index (Phi) is 4.40. The molecule has 2 heterocycles. The van der Waals surface area contributed by atoms with Crippen molar-refractivity contribution in [2.75, 3.05) is 18.0 Å². The monoisotopic (exact) mass is 313 g/mol. The third-order valence-corrected chi connectivity index (χ3v) is 3.43. The molecule has 1 aliphatic rings. The quantitative estimate of drug-likeness (QED) is 0.867. The summed E-state index contributed by atoms with van der Waals surface area (Å²) in [4.78, 5) is 16.0. The van der Waals surface area contributed by atoms with E-state index < -0.39 is 17.9 Å². The first-order chi connectivity index (χ1) is 10.3. The van der Waals surface area contributed by atoms with Gasteiger partial charge in [-0.2, -0.15) is 18.4 Å². The van der Waals surface area contributed by atoms with E-state index in [1.54, 1.807) is 4.90 Å². The molecule has 2 amide bonds. The number of hydrogen-bond acceptors (Lipinski definition) is 4. The van der Waals surface area contributed by atoms with Crippen LogP contribution in [0.15, 0.2) is 12.1 Å². The molecule has 1 aliphatic heterocycles. The third-order valence-electron chi connectivity index (χ3n) is 3.43. The van der Waals surface area contributed by atoms with E-state index in [1.807, 2.05) is 6.07 Å². The van der Waals surface area contributed by atoms with Gasteiger partial charge >= 0.3 is 12.2 Å². The average molecular weight is 313 g/mol. The van der Waals surface area contributed by atoms with E-state index in [0.717, 1.165) is 12.1 Å². The molecule has 3 N–H and O–H groups in total. The summed E-state index contributed by atoms with van der Waals surface area (Å²) in [5, 5.41) is 11.6. The zero-order chi connectivity index (χ0) is 16.3. The second kappa shape index (κ2) is 6.09. The van der Waals surface area contributed by atoms with E-state index in [2.05, 4.69) is 10.3 Å². The Morgan fingerprint density at radius 1 is 1.41 bits per heavy atom. The van der Waals surface area contributed by atoms with Crippen molar-refractivity contribution in [1.29, 1.82) is 5.26 Å². The van der Waals surface area contributed by atoms with Gasteiger partial charge in [0.05, 0.1) is 5.56 Å². The summed E-state index contributed by atoms with van der Waals surface area (Å²) >= 11 is 0. The number of primary amides is 1. The fraction of sp³-hybridized carbons (Fsp3) is 0.462. The average Bonchev–Trinajstić information content (AvgIpc) is 2.46. The van der Waals surface area contributed by atoms with Gasteiger partial charge in [0, 0.05) is 19.1 Å².